The van der Waals surface area contributed by atoms with Gasteiger partial charge in [0.2, 0.25) is 0 Å². The molecule has 1 aliphatic rings. The van der Waals surface area contributed by atoms with Gasteiger partial charge in [-0.2, -0.15) is 0 Å². The molecule has 6 nitrogen and oxygen atoms in total. The maximum absolute atomic E-state index is 12.0. The number of thioether (sulfide) groups is 1. The number of carbonyl (C=O) groups excluding carboxylic acids is 2. The van der Waals surface area contributed by atoms with E-state index in [1.54, 1.807) is 18.2 Å². The fourth-order valence-corrected chi connectivity index (χ4v) is 3.65. The SMILES string of the molecule is O=C(COC(=O)CSc1ccc2ccccc2c1)Nc1ccc2c(c1)OCCO2. The molecule has 0 saturated carbocycles. The second kappa shape index (κ2) is 8.87. The Balaban J connectivity index is 1.24. The monoisotopic (exact) mass is 409 g/mol. The van der Waals surface area contributed by atoms with Gasteiger partial charge in [-0.25, -0.2) is 0 Å². The Morgan fingerprint density at radius 3 is 2.59 bits per heavy atom. The number of nitrogens with one attached hydrogen (secondary N) is 1. The first-order valence-corrected chi connectivity index (χ1v) is 10.1. The van der Waals surface area contributed by atoms with Crippen molar-refractivity contribution in [3.05, 3.63) is 60.7 Å². The molecule has 1 N–H and O–H groups in total. The normalized spacial score (nSPS) is 12.4. The van der Waals surface area contributed by atoms with Crippen LogP contribution in [0, 0.1) is 0 Å². The molecule has 0 spiro atoms. The Morgan fingerprint density at radius 1 is 0.931 bits per heavy atom. The highest BCUT2D eigenvalue weighted by atomic mass is 32.2. The molecule has 0 aromatic heterocycles. The number of esters is 1. The highest BCUT2D eigenvalue weighted by Gasteiger charge is 2.14. The fourth-order valence-electron chi connectivity index (χ4n) is 2.91. The number of ether oxygens (including phenoxy) is 3. The van der Waals surface area contributed by atoms with Crippen LogP contribution in [0.25, 0.3) is 10.8 Å². The summed E-state index contributed by atoms with van der Waals surface area (Å²) in [7, 11) is 0. The lowest BCUT2D eigenvalue weighted by Gasteiger charge is -2.19. The molecule has 0 radical (unpaired) electrons. The minimum atomic E-state index is -0.444. The summed E-state index contributed by atoms with van der Waals surface area (Å²) in [5.74, 6) is 0.505. The number of amides is 1. The number of benzene rings is 3. The Hall–Kier alpha value is -3.19. The van der Waals surface area contributed by atoms with Crippen LogP contribution in [0.15, 0.2) is 65.6 Å². The molecule has 1 heterocycles. The zero-order valence-corrected chi connectivity index (χ0v) is 16.4. The van der Waals surface area contributed by atoms with Crippen molar-refractivity contribution in [3.63, 3.8) is 0 Å². The summed E-state index contributed by atoms with van der Waals surface area (Å²) in [5.41, 5.74) is 0.556. The van der Waals surface area contributed by atoms with E-state index in [9.17, 15) is 9.59 Å². The number of hydrogen-bond donors (Lipinski definition) is 1. The molecule has 1 amide bonds. The molecule has 148 valence electrons. The molecule has 0 saturated heterocycles. The van der Waals surface area contributed by atoms with Gasteiger partial charge in [-0.15, -0.1) is 11.8 Å². The first kappa shape index (κ1) is 19.1. The smallest absolute Gasteiger partial charge is 0.316 e. The average molecular weight is 409 g/mol. The van der Waals surface area contributed by atoms with E-state index in [2.05, 4.69) is 5.32 Å². The lowest BCUT2D eigenvalue weighted by molar-refractivity contribution is -0.144. The Kier molecular flexibility index (Phi) is 5.86. The molecule has 0 bridgehead atoms. The summed E-state index contributed by atoms with van der Waals surface area (Å²) in [6.07, 6.45) is 0. The van der Waals surface area contributed by atoms with Gasteiger partial charge >= 0.3 is 5.97 Å². The molecule has 29 heavy (non-hydrogen) atoms. The average Bonchev–Trinajstić information content (AvgIpc) is 2.76. The summed E-state index contributed by atoms with van der Waals surface area (Å²) >= 11 is 1.38. The first-order valence-electron chi connectivity index (χ1n) is 9.14. The van der Waals surface area contributed by atoms with Crippen LogP contribution >= 0.6 is 11.8 Å². The second-order valence-corrected chi connectivity index (χ2v) is 7.41. The predicted octanol–water partition coefficient (Wildman–Crippen LogP) is 3.89. The largest absolute Gasteiger partial charge is 0.486 e. The number of rotatable bonds is 6. The quantitative estimate of drug-likeness (QED) is 0.492. The molecule has 3 aromatic carbocycles. The molecule has 0 unspecified atom stereocenters. The van der Waals surface area contributed by atoms with Crippen molar-refractivity contribution in [2.45, 2.75) is 4.90 Å². The van der Waals surface area contributed by atoms with Crippen molar-refractivity contribution >= 4 is 40.1 Å². The minimum Gasteiger partial charge on any atom is -0.486 e. The lowest BCUT2D eigenvalue weighted by Crippen LogP contribution is -2.22. The Morgan fingerprint density at radius 2 is 1.72 bits per heavy atom. The van der Waals surface area contributed by atoms with Crippen molar-refractivity contribution in [1.29, 1.82) is 0 Å². The summed E-state index contributed by atoms with van der Waals surface area (Å²) in [4.78, 5) is 25.0. The molecule has 4 rings (SSSR count). The van der Waals surface area contributed by atoms with Crippen LogP contribution < -0.4 is 14.8 Å². The van der Waals surface area contributed by atoms with Gasteiger partial charge in [0.25, 0.3) is 5.91 Å². The van der Waals surface area contributed by atoms with Crippen LogP contribution in [-0.2, 0) is 14.3 Å². The van der Waals surface area contributed by atoms with E-state index in [0.29, 0.717) is 30.4 Å². The minimum absolute atomic E-state index is 0.135. The Labute approximate surface area is 172 Å². The first-order chi connectivity index (χ1) is 14.2. The van der Waals surface area contributed by atoms with Gasteiger partial charge in [0.1, 0.15) is 13.2 Å². The van der Waals surface area contributed by atoms with Gasteiger partial charge in [-0.05, 0) is 35.0 Å². The highest BCUT2D eigenvalue weighted by molar-refractivity contribution is 8.00. The number of anilines is 1. The van der Waals surface area contributed by atoms with E-state index < -0.39 is 11.9 Å². The van der Waals surface area contributed by atoms with Crippen molar-refractivity contribution in [3.8, 4) is 11.5 Å². The van der Waals surface area contributed by atoms with Crippen molar-refractivity contribution in [1.82, 2.24) is 0 Å². The van der Waals surface area contributed by atoms with E-state index in [1.165, 1.54) is 11.8 Å². The molecule has 1 aliphatic heterocycles. The van der Waals surface area contributed by atoms with Crippen LogP contribution in [-0.4, -0.2) is 37.4 Å². The van der Waals surface area contributed by atoms with Crippen LogP contribution in [0.5, 0.6) is 11.5 Å². The molecule has 0 aliphatic carbocycles. The third kappa shape index (κ3) is 5.00. The van der Waals surface area contributed by atoms with Gasteiger partial charge < -0.3 is 19.5 Å². The molecular formula is C22H19NO5S. The van der Waals surface area contributed by atoms with Crippen molar-refractivity contribution in [2.75, 3.05) is 30.9 Å². The van der Waals surface area contributed by atoms with E-state index >= 15 is 0 Å². The summed E-state index contributed by atoms with van der Waals surface area (Å²) in [5, 5.41) is 4.95. The summed E-state index contributed by atoms with van der Waals surface area (Å²) in [6, 6.07) is 19.2. The lowest BCUT2D eigenvalue weighted by atomic mass is 10.1. The van der Waals surface area contributed by atoms with Crippen LogP contribution in [0.4, 0.5) is 5.69 Å². The topological polar surface area (TPSA) is 73.9 Å². The molecular weight excluding hydrogens is 390 g/mol. The van der Waals surface area contributed by atoms with Crippen molar-refractivity contribution in [2.24, 2.45) is 0 Å². The van der Waals surface area contributed by atoms with E-state index in [-0.39, 0.29) is 12.4 Å². The predicted molar refractivity (Wildman–Crippen MR) is 112 cm³/mol. The van der Waals surface area contributed by atoms with E-state index in [4.69, 9.17) is 14.2 Å². The van der Waals surface area contributed by atoms with Crippen LogP contribution in [0.3, 0.4) is 0 Å². The van der Waals surface area contributed by atoms with E-state index in [0.717, 1.165) is 15.7 Å². The molecule has 0 atom stereocenters. The van der Waals surface area contributed by atoms with Gasteiger partial charge in [0.05, 0.1) is 5.75 Å². The Bertz CT molecular complexity index is 1050. The van der Waals surface area contributed by atoms with Gasteiger partial charge in [0.15, 0.2) is 18.1 Å². The standard InChI is InChI=1S/C22H19NO5S/c24-21(23-17-6-8-19-20(12-17)27-10-9-26-19)13-28-22(25)14-29-18-7-5-15-3-1-2-4-16(15)11-18/h1-8,11-12H,9-10,13-14H2,(H,23,24). The zero-order valence-electron chi connectivity index (χ0n) is 15.6. The van der Waals surface area contributed by atoms with Crippen LogP contribution in [0.2, 0.25) is 0 Å². The zero-order chi connectivity index (χ0) is 20.1. The highest BCUT2D eigenvalue weighted by Crippen LogP contribution is 2.32. The molecule has 7 heteroatoms. The maximum Gasteiger partial charge on any atom is 0.316 e. The molecule has 3 aromatic rings. The van der Waals surface area contributed by atoms with Gasteiger partial charge in [-0.1, -0.05) is 30.3 Å². The number of fused-ring (bicyclic) bond motifs is 2. The number of carbonyl (C=O) groups is 2. The molecule has 0 fully saturated rings. The fraction of sp³-hybridized carbons (Fsp3) is 0.182. The van der Waals surface area contributed by atoms with Crippen LogP contribution in [0.1, 0.15) is 0 Å². The number of hydrogen-bond acceptors (Lipinski definition) is 6. The van der Waals surface area contributed by atoms with Gasteiger partial charge in [0, 0.05) is 16.6 Å². The third-order valence-corrected chi connectivity index (χ3v) is 5.24. The maximum atomic E-state index is 12.0. The second-order valence-electron chi connectivity index (χ2n) is 6.36. The van der Waals surface area contributed by atoms with E-state index in [1.807, 2.05) is 42.5 Å². The summed E-state index contributed by atoms with van der Waals surface area (Å²) in [6.45, 7) is 0.633. The van der Waals surface area contributed by atoms with Gasteiger partial charge in [-0.3, -0.25) is 9.59 Å². The van der Waals surface area contributed by atoms with Crippen molar-refractivity contribution < 1.29 is 23.8 Å². The third-order valence-electron chi connectivity index (χ3n) is 4.27. The summed E-state index contributed by atoms with van der Waals surface area (Å²) < 4.78 is 16.0.